The van der Waals surface area contributed by atoms with Crippen LogP contribution < -0.4 is 5.73 Å². The highest BCUT2D eigenvalue weighted by Gasteiger charge is 2.04. The number of primary amides is 1. The van der Waals surface area contributed by atoms with Gasteiger partial charge in [-0.15, -0.1) is 0 Å². The molecule has 1 aromatic rings. The Hall–Kier alpha value is -1.32. The van der Waals surface area contributed by atoms with Crippen molar-refractivity contribution in [2.24, 2.45) is 5.73 Å². The molecule has 0 spiro atoms. The number of carbonyl (C=O) groups is 1. The predicted octanol–water partition coefficient (Wildman–Crippen LogP) is 0.518. The lowest BCUT2D eigenvalue weighted by atomic mass is 10.4. The lowest BCUT2D eigenvalue weighted by Gasteiger charge is -1.81. The van der Waals surface area contributed by atoms with E-state index in [0.717, 1.165) is 6.07 Å². The SMILES string of the molecule is NC(=O)c1ccc(F)o1. The van der Waals surface area contributed by atoms with E-state index in [1.54, 1.807) is 0 Å². The van der Waals surface area contributed by atoms with Gasteiger partial charge in [0.25, 0.3) is 11.9 Å². The van der Waals surface area contributed by atoms with Crippen molar-refractivity contribution in [2.45, 2.75) is 0 Å². The summed E-state index contributed by atoms with van der Waals surface area (Å²) in [5, 5.41) is 0. The summed E-state index contributed by atoms with van der Waals surface area (Å²) in [5.41, 5.74) is 4.73. The Balaban J connectivity index is 2.98. The Labute approximate surface area is 50.3 Å². The van der Waals surface area contributed by atoms with E-state index in [1.165, 1.54) is 6.07 Å². The number of hydrogen-bond acceptors (Lipinski definition) is 2. The smallest absolute Gasteiger partial charge is 0.284 e. The van der Waals surface area contributed by atoms with E-state index >= 15 is 0 Å². The molecule has 1 rings (SSSR count). The molecular formula is C5H4FNO2. The molecule has 1 heterocycles. The van der Waals surface area contributed by atoms with Crippen LogP contribution in [0.3, 0.4) is 0 Å². The zero-order valence-corrected chi connectivity index (χ0v) is 4.43. The topological polar surface area (TPSA) is 56.2 Å². The third kappa shape index (κ3) is 1.07. The number of hydrogen-bond donors (Lipinski definition) is 1. The molecule has 0 radical (unpaired) electrons. The number of rotatable bonds is 1. The van der Waals surface area contributed by atoms with Crippen LogP contribution in [0.1, 0.15) is 10.6 Å². The van der Waals surface area contributed by atoms with Crippen LogP contribution in [0.2, 0.25) is 0 Å². The third-order valence-electron chi connectivity index (χ3n) is 0.816. The Kier molecular flexibility index (Phi) is 1.22. The second-order valence-electron chi connectivity index (χ2n) is 1.47. The van der Waals surface area contributed by atoms with Gasteiger partial charge in [0, 0.05) is 6.07 Å². The summed E-state index contributed by atoms with van der Waals surface area (Å²) in [6, 6.07) is 1.40. The third-order valence-corrected chi connectivity index (χ3v) is 0.816. The highest BCUT2D eigenvalue weighted by molar-refractivity contribution is 5.89. The average molecular weight is 129 g/mol. The van der Waals surface area contributed by atoms with E-state index in [9.17, 15) is 9.18 Å². The summed E-state index contributed by atoms with van der Waals surface area (Å²) in [6.45, 7) is 0. The molecule has 1 aromatic heterocycles. The van der Waals surface area contributed by atoms with Crippen molar-refractivity contribution in [1.29, 1.82) is 0 Å². The summed E-state index contributed by atoms with van der Waals surface area (Å²) in [5.74, 6) is -0.925. The van der Waals surface area contributed by atoms with Crippen molar-refractivity contribution < 1.29 is 13.6 Å². The van der Waals surface area contributed by atoms with Gasteiger partial charge < -0.3 is 10.2 Å². The Morgan fingerprint density at radius 3 is 2.56 bits per heavy atom. The van der Waals surface area contributed by atoms with Crippen LogP contribution in [0, 0.1) is 6.01 Å². The molecule has 4 heteroatoms. The van der Waals surface area contributed by atoms with Gasteiger partial charge in [-0.2, -0.15) is 4.39 Å². The van der Waals surface area contributed by atoms with Gasteiger partial charge in [0.05, 0.1) is 0 Å². The van der Waals surface area contributed by atoms with E-state index in [-0.39, 0.29) is 5.76 Å². The predicted molar refractivity (Wildman–Crippen MR) is 27.2 cm³/mol. The largest absolute Gasteiger partial charge is 0.426 e. The molecule has 3 nitrogen and oxygen atoms in total. The number of amides is 1. The highest BCUT2D eigenvalue weighted by atomic mass is 19.1. The second-order valence-corrected chi connectivity index (χ2v) is 1.47. The Morgan fingerprint density at radius 1 is 1.67 bits per heavy atom. The van der Waals surface area contributed by atoms with Crippen LogP contribution in [0.15, 0.2) is 16.5 Å². The molecule has 2 N–H and O–H groups in total. The Bertz CT molecular complexity index is 231. The number of carbonyl (C=O) groups excluding carboxylic acids is 1. The standard InChI is InChI=1S/C5H4FNO2/c6-4-2-1-3(9-4)5(7)8/h1-2H,(H2,7,8). The minimum absolute atomic E-state index is 0.160. The monoisotopic (exact) mass is 129 g/mol. The van der Waals surface area contributed by atoms with Crippen molar-refractivity contribution in [2.75, 3.05) is 0 Å². The van der Waals surface area contributed by atoms with Gasteiger partial charge in [-0.05, 0) is 6.07 Å². The van der Waals surface area contributed by atoms with Crippen molar-refractivity contribution >= 4 is 5.91 Å². The summed E-state index contributed by atoms with van der Waals surface area (Å²) >= 11 is 0. The van der Waals surface area contributed by atoms with Crippen LogP contribution in [0.25, 0.3) is 0 Å². The minimum atomic E-state index is -0.802. The van der Waals surface area contributed by atoms with Gasteiger partial charge in [-0.25, -0.2) is 0 Å². The van der Waals surface area contributed by atoms with Gasteiger partial charge in [0.2, 0.25) is 0 Å². The van der Waals surface area contributed by atoms with Crippen molar-refractivity contribution in [3.63, 3.8) is 0 Å². The number of halogens is 1. The normalized spacial score (nSPS) is 9.44. The highest BCUT2D eigenvalue weighted by Crippen LogP contribution is 2.03. The molecule has 0 aliphatic heterocycles. The first-order valence-electron chi connectivity index (χ1n) is 2.25. The molecule has 0 unspecified atom stereocenters. The minimum Gasteiger partial charge on any atom is -0.426 e. The molecule has 9 heavy (non-hydrogen) atoms. The lowest BCUT2D eigenvalue weighted by Crippen LogP contribution is -2.09. The van der Waals surface area contributed by atoms with Crippen LogP contribution in [-0.2, 0) is 0 Å². The van der Waals surface area contributed by atoms with Crippen LogP contribution in [-0.4, -0.2) is 5.91 Å². The van der Waals surface area contributed by atoms with Gasteiger partial charge >= 0.3 is 0 Å². The molecule has 48 valence electrons. The van der Waals surface area contributed by atoms with Crippen LogP contribution in [0.5, 0.6) is 0 Å². The molecule has 0 aliphatic rings. The first-order valence-corrected chi connectivity index (χ1v) is 2.25. The molecule has 0 saturated heterocycles. The first-order chi connectivity index (χ1) is 4.20. The lowest BCUT2D eigenvalue weighted by molar-refractivity contribution is 0.0965. The van der Waals surface area contributed by atoms with Crippen LogP contribution in [0.4, 0.5) is 4.39 Å². The number of furan rings is 1. The maximum atomic E-state index is 11.9. The summed E-state index contributed by atoms with van der Waals surface area (Å²) < 4.78 is 16.1. The quantitative estimate of drug-likeness (QED) is 0.600. The van der Waals surface area contributed by atoms with E-state index in [1.807, 2.05) is 0 Å². The fourth-order valence-electron chi connectivity index (χ4n) is 0.447. The molecule has 1 amide bonds. The average Bonchev–Trinajstić information content (AvgIpc) is 2.14. The maximum absolute atomic E-state index is 11.9. The molecule has 0 aromatic carbocycles. The van der Waals surface area contributed by atoms with Crippen molar-refractivity contribution in [3.8, 4) is 0 Å². The Morgan fingerprint density at radius 2 is 2.33 bits per heavy atom. The summed E-state index contributed by atoms with van der Waals surface area (Å²) in [4.78, 5) is 10.2. The van der Waals surface area contributed by atoms with E-state index in [2.05, 4.69) is 4.42 Å². The molecule has 0 fully saturated rings. The van der Waals surface area contributed by atoms with E-state index < -0.39 is 11.9 Å². The van der Waals surface area contributed by atoms with Gasteiger partial charge in [0.1, 0.15) is 0 Å². The van der Waals surface area contributed by atoms with Gasteiger partial charge in [-0.1, -0.05) is 0 Å². The van der Waals surface area contributed by atoms with E-state index in [4.69, 9.17) is 5.73 Å². The summed E-state index contributed by atoms with van der Waals surface area (Å²) in [6.07, 6.45) is 0. The van der Waals surface area contributed by atoms with Gasteiger partial charge in [-0.3, -0.25) is 4.79 Å². The molecule has 0 atom stereocenters. The van der Waals surface area contributed by atoms with Crippen molar-refractivity contribution in [3.05, 3.63) is 23.9 Å². The van der Waals surface area contributed by atoms with Crippen LogP contribution >= 0.6 is 0 Å². The molecule has 0 bridgehead atoms. The maximum Gasteiger partial charge on any atom is 0.284 e. The second kappa shape index (κ2) is 1.89. The number of nitrogens with two attached hydrogens (primary N) is 1. The van der Waals surface area contributed by atoms with Crippen molar-refractivity contribution in [1.82, 2.24) is 0 Å². The molecular weight excluding hydrogens is 125 g/mol. The zero-order valence-electron chi connectivity index (χ0n) is 4.43. The fourth-order valence-corrected chi connectivity index (χ4v) is 0.447. The fraction of sp³-hybridized carbons (Fsp3) is 0. The molecule has 0 aliphatic carbocycles. The van der Waals surface area contributed by atoms with E-state index in [0.29, 0.717) is 0 Å². The summed E-state index contributed by atoms with van der Waals surface area (Å²) in [7, 11) is 0. The molecule has 0 saturated carbocycles. The zero-order chi connectivity index (χ0) is 6.85. The first kappa shape index (κ1) is 5.81. The van der Waals surface area contributed by atoms with Gasteiger partial charge in [0.15, 0.2) is 5.76 Å².